The molecule has 2 fully saturated rings. The number of piperidine rings is 1. The summed E-state index contributed by atoms with van der Waals surface area (Å²) in [7, 11) is 1.68. The zero-order valence-electron chi connectivity index (χ0n) is 17.3. The maximum Gasteiger partial charge on any atom is 0.223 e. The molecule has 1 aromatic carbocycles. The lowest BCUT2D eigenvalue weighted by molar-refractivity contribution is -0.133. The molecule has 0 N–H and O–H groups in total. The fourth-order valence-corrected chi connectivity index (χ4v) is 4.67. The summed E-state index contributed by atoms with van der Waals surface area (Å²) in [5.41, 5.74) is 2.35. The molecule has 0 spiro atoms. The number of methoxy groups -OCH3 is 1. The number of pyridine rings is 1. The first-order chi connectivity index (χ1) is 14.2. The number of carbonyl (C=O) groups excluding carboxylic acids is 1. The maximum absolute atomic E-state index is 13.1. The van der Waals surface area contributed by atoms with Gasteiger partial charge in [0.25, 0.3) is 0 Å². The largest absolute Gasteiger partial charge is 0.497 e. The minimum Gasteiger partial charge on any atom is -0.497 e. The zero-order valence-corrected chi connectivity index (χ0v) is 17.3. The average Bonchev–Trinajstić information content (AvgIpc) is 3.26. The molecular formula is C24H31N3O2. The Morgan fingerprint density at radius 1 is 1.07 bits per heavy atom. The molecule has 0 radical (unpaired) electrons. The number of hydrogen-bond donors (Lipinski definition) is 0. The lowest BCUT2D eigenvalue weighted by atomic mass is 9.92. The average molecular weight is 394 g/mol. The van der Waals surface area contributed by atoms with Crippen molar-refractivity contribution in [3.63, 3.8) is 0 Å². The molecule has 0 aliphatic carbocycles. The van der Waals surface area contributed by atoms with E-state index in [1.54, 1.807) is 7.11 Å². The van der Waals surface area contributed by atoms with Gasteiger partial charge in [-0.1, -0.05) is 18.2 Å². The van der Waals surface area contributed by atoms with Gasteiger partial charge in [0.15, 0.2) is 0 Å². The summed E-state index contributed by atoms with van der Waals surface area (Å²) < 4.78 is 5.26. The molecule has 4 rings (SSSR count). The summed E-state index contributed by atoms with van der Waals surface area (Å²) >= 11 is 0. The van der Waals surface area contributed by atoms with E-state index in [0.717, 1.165) is 63.3 Å². The molecule has 2 aliphatic heterocycles. The van der Waals surface area contributed by atoms with E-state index in [1.165, 1.54) is 5.56 Å². The normalized spacial score (nSPS) is 20.7. The first-order valence-corrected chi connectivity index (χ1v) is 10.8. The van der Waals surface area contributed by atoms with Gasteiger partial charge in [-0.2, -0.15) is 0 Å². The van der Waals surface area contributed by atoms with Crippen molar-refractivity contribution in [1.29, 1.82) is 0 Å². The molecule has 154 valence electrons. The zero-order chi connectivity index (χ0) is 20.1. The Hall–Kier alpha value is -2.40. The maximum atomic E-state index is 13.1. The number of likely N-dealkylation sites (tertiary alicyclic amines) is 2. The van der Waals surface area contributed by atoms with Crippen LogP contribution in [0.4, 0.5) is 0 Å². The lowest BCUT2D eigenvalue weighted by Crippen LogP contribution is -2.37. The number of hydrogen-bond acceptors (Lipinski definition) is 4. The number of ether oxygens (including phenoxy) is 1. The number of benzene rings is 1. The Labute approximate surface area is 173 Å². The molecule has 5 nitrogen and oxygen atoms in total. The minimum atomic E-state index is 0.220. The summed E-state index contributed by atoms with van der Waals surface area (Å²) in [5.74, 6) is 1.69. The fourth-order valence-electron chi connectivity index (χ4n) is 4.67. The summed E-state index contributed by atoms with van der Waals surface area (Å²) in [6.07, 6.45) is 6.88. The van der Waals surface area contributed by atoms with Gasteiger partial charge >= 0.3 is 0 Å². The van der Waals surface area contributed by atoms with Gasteiger partial charge in [-0.3, -0.25) is 14.7 Å². The lowest BCUT2D eigenvalue weighted by Gasteiger charge is -2.33. The molecular weight excluding hydrogens is 362 g/mol. The van der Waals surface area contributed by atoms with Gasteiger partial charge in [0.1, 0.15) is 5.75 Å². The van der Waals surface area contributed by atoms with Gasteiger partial charge in [0, 0.05) is 25.7 Å². The Bertz CT molecular complexity index is 786. The van der Waals surface area contributed by atoms with E-state index in [1.807, 2.05) is 30.5 Å². The highest BCUT2D eigenvalue weighted by Crippen LogP contribution is 2.34. The smallest absolute Gasteiger partial charge is 0.223 e. The third kappa shape index (κ3) is 4.96. The number of aromatic nitrogens is 1. The highest BCUT2D eigenvalue weighted by Gasteiger charge is 2.32. The molecule has 5 heteroatoms. The molecule has 3 heterocycles. The van der Waals surface area contributed by atoms with Crippen molar-refractivity contribution in [2.24, 2.45) is 5.92 Å². The SMILES string of the molecule is COc1ccc(C2CCCN2C(=O)CC2CCN(Cc3ccccn3)CC2)cc1. The molecule has 0 saturated carbocycles. The van der Waals surface area contributed by atoms with E-state index in [-0.39, 0.29) is 6.04 Å². The highest BCUT2D eigenvalue weighted by atomic mass is 16.5. The van der Waals surface area contributed by atoms with Crippen LogP contribution < -0.4 is 4.74 Å². The predicted octanol–water partition coefficient (Wildman–Crippen LogP) is 4.06. The highest BCUT2D eigenvalue weighted by molar-refractivity contribution is 5.77. The van der Waals surface area contributed by atoms with Crippen LogP contribution in [0.3, 0.4) is 0 Å². The predicted molar refractivity (Wildman–Crippen MR) is 114 cm³/mol. The molecule has 1 amide bonds. The number of nitrogens with zero attached hydrogens (tertiary/aromatic N) is 3. The summed E-state index contributed by atoms with van der Waals surface area (Å²) in [6, 6.07) is 14.5. The van der Waals surface area contributed by atoms with Crippen LogP contribution in [0, 0.1) is 5.92 Å². The molecule has 1 unspecified atom stereocenters. The van der Waals surface area contributed by atoms with Gasteiger partial charge in [0.2, 0.25) is 5.91 Å². The van der Waals surface area contributed by atoms with Crippen molar-refractivity contribution in [3.8, 4) is 5.75 Å². The van der Waals surface area contributed by atoms with Gasteiger partial charge in [-0.05, 0) is 74.5 Å². The van der Waals surface area contributed by atoms with Crippen molar-refractivity contribution in [2.75, 3.05) is 26.7 Å². The molecule has 1 aromatic heterocycles. The number of rotatable bonds is 6. The Balaban J connectivity index is 1.28. The second-order valence-corrected chi connectivity index (χ2v) is 8.26. The number of amides is 1. The summed E-state index contributed by atoms with van der Waals surface area (Å²) in [5, 5.41) is 0. The van der Waals surface area contributed by atoms with Crippen LogP contribution in [-0.2, 0) is 11.3 Å². The van der Waals surface area contributed by atoms with Crippen LogP contribution in [0.15, 0.2) is 48.7 Å². The van der Waals surface area contributed by atoms with Crippen LogP contribution in [0.25, 0.3) is 0 Å². The van der Waals surface area contributed by atoms with Crippen LogP contribution in [0.5, 0.6) is 5.75 Å². The van der Waals surface area contributed by atoms with E-state index in [4.69, 9.17) is 4.74 Å². The second-order valence-electron chi connectivity index (χ2n) is 8.26. The van der Waals surface area contributed by atoms with Crippen LogP contribution in [-0.4, -0.2) is 47.4 Å². The van der Waals surface area contributed by atoms with Crippen molar-refractivity contribution in [2.45, 2.75) is 44.7 Å². The van der Waals surface area contributed by atoms with E-state index < -0.39 is 0 Å². The monoisotopic (exact) mass is 393 g/mol. The van der Waals surface area contributed by atoms with Crippen LogP contribution >= 0.6 is 0 Å². The molecule has 1 atom stereocenters. The standard InChI is InChI=1S/C24H31N3O2/c1-29-22-9-7-20(8-10-22)23-6-4-14-27(23)24(28)17-19-11-15-26(16-12-19)18-21-5-2-3-13-25-21/h2-3,5,7-10,13,19,23H,4,6,11-12,14-18H2,1H3. The van der Waals surface area contributed by atoms with Crippen LogP contribution in [0.2, 0.25) is 0 Å². The second kappa shape index (κ2) is 9.40. The molecule has 0 bridgehead atoms. The fraction of sp³-hybridized carbons (Fsp3) is 0.500. The van der Waals surface area contributed by atoms with Gasteiger partial charge in [-0.25, -0.2) is 0 Å². The molecule has 2 aliphatic rings. The van der Waals surface area contributed by atoms with E-state index in [9.17, 15) is 4.79 Å². The topological polar surface area (TPSA) is 45.7 Å². The van der Waals surface area contributed by atoms with Gasteiger partial charge in [0.05, 0.1) is 18.8 Å². The quantitative estimate of drug-likeness (QED) is 0.743. The molecule has 2 aromatic rings. The van der Waals surface area contributed by atoms with Crippen molar-refractivity contribution < 1.29 is 9.53 Å². The Morgan fingerprint density at radius 3 is 2.55 bits per heavy atom. The van der Waals surface area contributed by atoms with E-state index >= 15 is 0 Å². The summed E-state index contributed by atoms with van der Waals surface area (Å²) in [4.78, 5) is 22.1. The van der Waals surface area contributed by atoms with E-state index in [2.05, 4.69) is 33.0 Å². The third-order valence-corrected chi connectivity index (χ3v) is 6.36. The van der Waals surface area contributed by atoms with Crippen LogP contribution in [0.1, 0.15) is 49.4 Å². The van der Waals surface area contributed by atoms with E-state index in [0.29, 0.717) is 18.2 Å². The van der Waals surface area contributed by atoms with Crippen molar-refractivity contribution in [3.05, 3.63) is 59.9 Å². The summed E-state index contributed by atoms with van der Waals surface area (Å²) in [6.45, 7) is 3.90. The van der Waals surface area contributed by atoms with Gasteiger partial charge < -0.3 is 9.64 Å². The first kappa shape index (κ1) is 19.9. The Kier molecular flexibility index (Phi) is 6.45. The van der Waals surface area contributed by atoms with Gasteiger partial charge in [-0.15, -0.1) is 0 Å². The molecule has 2 saturated heterocycles. The Morgan fingerprint density at radius 2 is 1.86 bits per heavy atom. The third-order valence-electron chi connectivity index (χ3n) is 6.36. The minimum absolute atomic E-state index is 0.220. The molecule has 29 heavy (non-hydrogen) atoms. The number of carbonyl (C=O) groups is 1. The first-order valence-electron chi connectivity index (χ1n) is 10.8. The van der Waals surface area contributed by atoms with Crippen molar-refractivity contribution in [1.82, 2.24) is 14.8 Å². The van der Waals surface area contributed by atoms with Crippen molar-refractivity contribution >= 4 is 5.91 Å².